The van der Waals surface area contributed by atoms with Crippen LogP contribution in [0, 0.1) is 0 Å². The summed E-state index contributed by atoms with van der Waals surface area (Å²) in [6.45, 7) is 2.05. The van der Waals surface area contributed by atoms with Crippen LogP contribution in [-0.4, -0.2) is 32.2 Å². The Balaban J connectivity index is 2.15. The van der Waals surface area contributed by atoms with Gasteiger partial charge in [-0.3, -0.25) is 4.21 Å². The zero-order valence-electron chi connectivity index (χ0n) is 11.1. The number of anilines is 1. The number of hydrogen-bond acceptors (Lipinski definition) is 4. The maximum atomic E-state index is 11.2. The molecule has 0 aliphatic heterocycles. The van der Waals surface area contributed by atoms with E-state index in [1.54, 1.807) is 12.6 Å². The third-order valence-electron chi connectivity index (χ3n) is 3.24. The summed E-state index contributed by atoms with van der Waals surface area (Å²) in [5.74, 6) is 1.60. The van der Waals surface area contributed by atoms with Crippen LogP contribution in [0.3, 0.4) is 0 Å². The molecule has 0 aromatic carbocycles. The summed E-state index contributed by atoms with van der Waals surface area (Å²) in [6, 6.07) is 0.179. The molecule has 2 unspecified atom stereocenters. The minimum absolute atomic E-state index is 0.179. The fourth-order valence-corrected chi connectivity index (χ4v) is 3.24. The first-order valence-corrected chi connectivity index (χ1v) is 8.29. The first-order chi connectivity index (χ1) is 8.66. The average Bonchev–Trinajstić information content (AvgIpc) is 2.53. The van der Waals surface area contributed by atoms with Crippen molar-refractivity contribution in [2.75, 3.05) is 17.3 Å². The highest BCUT2D eigenvalue weighted by Crippen LogP contribution is 2.24. The predicted molar refractivity (Wildman–Crippen MR) is 75.3 cm³/mol. The van der Waals surface area contributed by atoms with Crippen molar-refractivity contribution in [3.05, 3.63) is 17.6 Å². The van der Waals surface area contributed by atoms with E-state index in [0.717, 1.165) is 18.7 Å². The van der Waals surface area contributed by atoms with E-state index in [0.29, 0.717) is 5.75 Å². The normalized spacial score (nSPS) is 18.6. The molecular formula is C13H21N3OS. The third kappa shape index (κ3) is 3.51. The molecular weight excluding hydrogens is 246 g/mol. The monoisotopic (exact) mass is 267 g/mol. The molecule has 4 nitrogen and oxygen atoms in total. The van der Waals surface area contributed by atoms with E-state index in [4.69, 9.17) is 0 Å². The van der Waals surface area contributed by atoms with Gasteiger partial charge in [0, 0.05) is 40.1 Å². The van der Waals surface area contributed by atoms with E-state index in [2.05, 4.69) is 15.3 Å². The first-order valence-electron chi connectivity index (χ1n) is 6.56. The Morgan fingerprint density at radius 1 is 1.33 bits per heavy atom. The van der Waals surface area contributed by atoms with E-state index in [-0.39, 0.29) is 6.04 Å². The lowest BCUT2D eigenvalue weighted by Crippen LogP contribution is -2.24. The van der Waals surface area contributed by atoms with Crippen LogP contribution in [0.25, 0.3) is 0 Å². The predicted octanol–water partition coefficient (Wildman–Crippen LogP) is 1.92. The van der Waals surface area contributed by atoms with Crippen molar-refractivity contribution in [1.82, 2.24) is 9.97 Å². The molecule has 0 saturated carbocycles. The summed E-state index contributed by atoms with van der Waals surface area (Å²) in [4.78, 5) is 8.76. The molecule has 1 heterocycles. The van der Waals surface area contributed by atoms with Gasteiger partial charge in [0.2, 0.25) is 0 Å². The van der Waals surface area contributed by atoms with Gasteiger partial charge < -0.3 is 5.32 Å². The Morgan fingerprint density at radius 2 is 2.11 bits per heavy atom. The van der Waals surface area contributed by atoms with E-state index < -0.39 is 10.8 Å². The van der Waals surface area contributed by atoms with E-state index in [1.165, 1.54) is 30.5 Å². The molecule has 100 valence electrons. The smallest absolute Gasteiger partial charge is 0.133 e. The molecule has 0 saturated heterocycles. The second-order valence-electron chi connectivity index (χ2n) is 4.99. The maximum Gasteiger partial charge on any atom is 0.133 e. The number of fused-ring (bicyclic) bond motifs is 1. The summed E-state index contributed by atoms with van der Waals surface area (Å²) in [5.41, 5.74) is 2.46. The van der Waals surface area contributed by atoms with Crippen molar-refractivity contribution in [3.63, 3.8) is 0 Å². The van der Waals surface area contributed by atoms with Gasteiger partial charge in [0.25, 0.3) is 0 Å². The number of rotatable bonds is 4. The lowest BCUT2D eigenvalue weighted by atomic mass is 10.1. The molecule has 2 rings (SSSR count). The Bertz CT molecular complexity index is 436. The number of aryl methyl sites for hydroxylation is 1. The molecule has 1 aromatic heterocycles. The van der Waals surface area contributed by atoms with Gasteiger partial charge in [0.05, 0.1) is 0 Å². The van der Waals surface area contributed by atoms with Crippen LogP contribution >= 0.6 is 0 Å². The average molecular weight is 267 g/mol. The molecule has 18 heavy (non-hydrogen) atoms. The fraction of sp³-hybridized carbons (Fsp3) is 0.692. The van der Waals surface area contributed by atoms with Crippen LogP contribution in [0.15, 0.2) is 6.33 Å². The van der Waals surface area contributed by atoms with E-state index in [1.807, 2.05) is 6.92 Å². The molecule has 1 aliphatic carbocycles. The zero-order valence-corrected chi connectivity index (χ0v) is 11.9. The van der Waals surface area contributed by atoms with Crippen molar-refractivity contribution >= 4 is 16.6 Å². The summed E-state index contributed by atoms with van der Waals surface area (Å²) in [7, 11) is -0.780. The number of nitrogens with one attached hydrogen (secondary N) is 1. The topological polar surface area (TPSA) is 54.9 Å². The SMILES string of the molecule is CC(CS(C)=O)Nc1ncnc2c1CCCCC2. The van der Waals surface area contributed by atoms with Crippen molar-refractivity contribution in [1.29, 1.82) is 0 Å². The minimum atomic E-state index is -0.780. The van der Waals surface area contributed by atoms with Gasteiger partial charge in [-0.1, -0.05) is 6.42 Å². The van der Waals surface area contributed by atoms with Crippen LogP contribution in [0.2, 0.25) is 0 Å². The van der Waals surface area contributed by atoms with E-state index in [9.17, 15) is 4.21 Å². The second kappa shape index (κ2) is 6.27. The van der Waals surface area contributed by atoms with Gasteiger partial charge in [-0.15, -0.1) is 0 Å². The Labute approximate surface area is 111 Å². The Morgan fingerprint density at radius 3 is 2.89 bits per heavy atom. The van der Waals surface area contributed by atoms with Gasteiger partial charge in [-0.05, 0) is 32.6 Å². The molecule has 0 amide bonds. The van der Waals surface area contributed by atoms with Crippen LogP contribution < -0.4 is 5.32 Å². The summed E-state index contributed by atoms with van der Waals surface area (Å²) < 4.78 is 11.2. The van der Waals surface area contributed by atoms with Gasteiger partial charge >= 0.3 is 0 Å². The van der Waals surface area contributed by atoms with Crippen LogP contribution in [-0.2, 0) is 23.6 Å². The third-order valence-corrected chi connectivity index (χ3v) is 4.21. The molecule has 1 aromatic rings. The van der Waals surface area contributed by atoms with Crippen molar-refractivity contribution < 1.29 is 4.21 Å². The van der Waals surface area contributed by atoms with Crippen molar-refractivity contribution in [2.45, 2.75) is 45.1 Å². The zero-order chi connectivity index (χ0) is 13.0. The molecule has 5 heteroatoms. The molecule has 1 N–H and O–H groups in total. The van der Waals surface area contributed by atoms with Crippen LogP contribution in [0.1, 0.15) is 37.4 Å². The van der Waals surface area contributed by atoms with Crippen molar-refractivity contribution in [3.8, 4) is 0 Å². The minimum Gasteiger partial charge on any atom is -0.366 e. The lowest BCUT2D eigenvalue weighted by Gasteiger charge is -2.17. The maximum absolute atomic E-state index is 11.2. The number of hydrogen-bond donors (Lipinski definition) is 1. The highest BCUT2D eigenvalue weighted by atomic mass is 32.2. The molecule has 0 radical (unpaired) electrons. The van der Waals surface area contributed by atoms with Gasteiger partial charge in [0.15, 0.2) is 0 Å². The highest BCUT2D eigenvalue weighted by Gasteiger charge is 2.15. The second-order valence-corrected chi connectivity index (χ2v) is 6.47. The molecule has 0 fully saturated rings. The van der Waals surface area contributed by atoms with Gasteiger partial charge in [-0.2, -0.15) is 0 Å². The molecule has 1 aliphatic rings. The first kappa shape index (κ1) is 13.5. The highest BCUT2D eigenvalue weighted by molar-refractivity contribution is 7.84. The largest absolute Gasteiger partial charge is 0.366 e. The van der Waals surface area contributed by atoms with E-state index >= 15 is 0 Å². The Kier molecular flexibility index (Phi) is 4.69. The number of aromatic nitrogens is 2. The summed E-state index contributed by atoms with van der Waals surface area (Å²) in [5, 5.41) is 3.38. The fourth-order valence-electron chi connectivity index (χ4n) is 2.45. The van der Waals surface area contributed by atoms with Gasteiger partial charge in [-0.25, -0.2) is 9.97 Å². The Hall–Kier alpha value is -0.970. The molecule has 0 bridgehead atoms. The van der Waals surface area contributed by atoms with Crippen LogP contribution in [0.4, 0.5) is 5.82 Å². The number of nitrogens with zero attached hydrogens (tertiary/aromatic N) is 2. The molecule has 0 spiro atoms. The van der Waals surface area contributed by atoms with Crippen molar-refractivity contribution in [2.24, 2.45) is 0 Å². The standard InChI is InChI=1S/C13H21N3OS/c1-10(8-18(2)17)16-13-11-6-4-3-5-7-12(11)14-9-15-13/h9-10H,3-8H2,1-2H3,(H,14,15,16). The summed E-state index contributed by atoms with van der Waals surface area (Å²) >= 11 is 0. The molecule has 2 atom stereocenters. The van der Waals surface area contributed by atoms with Crippen LogP contribution in [0.5, 0.6) is 0 Å². The lowest BCUT2D eigenvalue weighted by molar-refractivity contribution is 0.682. The van der Waals surface area contributed by atoms with Gasteiger partial charge in [0.1, 0.15) is 12.1 Å². The summed E-state index contributed by atoms with van der Waals surface area (Å²) in [6.07, 6.45) is 9.19. The quantitative estimate of drug-likeness (QED) is 0.847.